The third-order valence-corrected chi connectivity index (χ3v) is 7.10. The van der Waals surface area contributed by atoms with Crippen LogP contribution in [0.1, 0.15) is 0 Å². The van der Waals surface area contributed by atoms with E-state index in [9.17, 15) is 8.42 Å². The molecule has 27 heavy (non-hydrogen) atoms. The van der Waals surface area contributed by atoms with Crippen molar-refractivity contribution in [3.05, 3.63) is 58.2 Å². The van der Waals surface area contributed by atoms with Crippen LogP contribution in [0.2, 0.25) is 5.02 Å². The summed E-state index contributed by atoms with van der Waals surface area (Å²) in [5, 5.41) is 4.64. The predicted molar refractivity (Wildman–Crippen MR) is 116 cm³/mol. The van der Waals surface area contributed by atoms with E-state index in [0.29, 0.717) is 10.5 Å². The number of halogens is 3. The Kier molecular flexibility index (Phi) is 6.08. The first-order valence-corrected chi connectivity index (χ1v) is 10.9. The molecule has 1 N–H and O–H groups in total. The van der Waals surface area contributed by atoms with Crippen LogP contribution in [-0.4, -0.2) is 38.6 Å². The van der Waals surface area contributed by atoms with Gasteiger partial charge in [0.1, 0.15) is 0 Å². The van der Waals surface area contributed by atoms with Gasteiger partial charge in [0.05, 0.1) is 10.4 Å². The fourth-order valence-electron chi connectivity index (χ4n) is 3.30. The van der Waals surface area contributed by atoms with Crippen molar-refractivity contribution in [3.63, 3.8) is 0 Å². The van der Waals surface area contributed by atoms with Crippen molar-refractivity contribution in [2.24, 2.45) is 0 Å². The van der Waals surface area contributed by atoms with E-state index in [4.69, 9.17) is 11.6 Å². The molecule has 144 valence electrons. The summed E-state index contributed by atoms with van der Waals surface area (Å²) in [5.74, 6) is 0. The number of piperazine rings is 1. The summed E-state index contributed by atoms with van der Waals surface area (Å²) < 4.78 is 28.4. The zero-order chi connectivity index (χ0) is 18.3. The number of aromatic nitrogens is 1. The monoisotopic (exact) mass is 489 g/mol. The van der Waals surface area contributed by atoms with Gasteiger partial charge in [-0.1, -0.05) is 17.7 Å². The molecule has 2 aromatic carbocycles. The Morgan fingerprint density at radius 1 is 1.07 bits per heavy atom. The Morgan fingerprint density at radius 3 is 2.52 bits per heavy atom. The average molecular weight is 491 g/mol. The van der Waals surface area contributed by atoms with Gasteiger partial charge in [-0.2, -0.15) is 0 Å². The second kappa shape index (κ2) is 8.01. The number of anilines is 1. The summed E-state index contributed by atoms with van der Waals surface area (Å²) in [6.45, 7) is 3.62. The maximum atomic E-state index is 13.2. The van der Waals surface area contributed by atoms with Crippen molar-refractivity contribution in [3.8, 4) is 0 Å². The van der Waals surface area contributed by atoms with Gasteiger partial charge in [0.25, 0.3) is 10.0 Å². The standard InChI is InChI=1S/C18H17BrClN3O2S.ClH/c19-16-4-5-17(22-10-7-21-8-11-22)15-6-9-23(18(15)16)26(24,25)14-3-1-2-13(20)12-14;/h1-6,9,12,21H,7-8,10-11H2;1H. The highest BCUT2D eigenvalue weighted by Gasteiger charge is 2.23. The van der Waals surface area contributed by atoms with Crippen LogP contribution in [0.15, 0.2) is 58.0 Å². The Morgan fingerprint density at radius 2 is 1.81 bits per heavy atom. The Balaban J connectivity index is 0.00000210. The normalized spacial score (nSPS) is 15.0. The molecule has 1 fully saturated rings. The molecule has 4 rings (SSSR count). The lowest BCUT2D eigenvalue weighted by Gasteiger charge is -2.30. The maximum Gasteiger partial charge on any atom is 0.268 e. The predicted octanol–water partition coefficient (Wildman–Crippen LogP) is 4.13. The molecule has 1 aliphatic heterocycles. The minimum absolute atomic E-state index is 0. The molecule has 2 heterocycles. The molecule has 0 bridgehead atoms. The minimum atomic E-state index is -3.74. The number of fused-ring (bicyclic) bond motifs is 1. The Hall–Kier alpha value is -1.25. The van der Waals surface area contributed by atoms with E-state index in [1.165, 1.54) is 10.0 Å². The van der Waals surface area contributed by atoms with Gasteiger partial charge in [0, 0.05) is 52.9 Å². The first-order chi connectivity index (χ1) is 12.5. The van der Waals surface area contributed by atoms with E-state index in [2.05, 4.69) is 26.1 Å². The first-order valence-electron chi connectivity index (χ1n) is 8.25. The van der Waals surface area contributed by atoms with Crippen LogP contribution in [0, 0.1) is 0 Å². The summed E-state index contributed by atoms with van der Waals surface area (Å²) in [5.41, 5.74) is 1.69. The largest absolute Gasteiger partial charge is 0.368 e. The SMILES string of the molecule is Cl.O=S(=O)(c1cccc(Cl)c1)n1ccc2c(N3CCNCC3)ccc(Br)c21. The molecule has 3 aromatic rings. The number of nitrogens with one attached hydrogen (secondary N) is 1. The van der Waals surface area contributed by atoms with Gasteiger partial charge in [-0.05, 0) is 52.3 Å². The fraction of sp³-hybridized carbons (Fsp3) is 0.222. The van der Waals surface area contributed by atoms with Crippen LogP contribution in [0.25, 0.3) is 10.9 Å². The van der Waals surface area contributed by atoms with Crippen LogP contribution in [0.3, 0.4) is 0 Å². The van der Waals surface area contributed by atoms with Crippen molar-refractivity contribution in [1.29, 1.82) is 0 Å². The number of nitrogens with zero attached hydrogens (tertiary/aromatic N) is 2. The molecule has 0 spiro atoms. The highest BCUT2D eigenvalue weighted by molar-refractivity contribution is 9.10. The van der Waals surface area contributed by atoms with Crippen LogP contribution >= 0.6 is 39.9 Å². The second-order valence-electron chi connectivity index (χ2n) is 6.14. The molecule has 0 atom stereocenters. The van der Waals surface area contributed by atoms with E-state index in [-0.39, 0.29) is 17.3 Å². The average Bonchev–Trinajstić information content (AvgIpc) is 3.10. The molecule has 1 aromatic heterocycles. The molecule has 1 aliphatic rings. The van der Waals surface area contributed by atoms with Crippen molar-refractivity contribution < 1.29 is 8.42 Å². The van der Waals surface area contributed by atoms with E-state index in [1.54, 1.807) is 24.4 Å². The van der Waals surface area contributed by atoms with Gasteiger partial charge in [0.2, 0.25) is 0 Å². The maximum absolute atomic E-state index is 13.2. The molecule has 1 saturated heterocycles. The summed E-state index contributed by atoms with van der Waals surface area (Å²) in [4.78, 5) is 2.45. The van der Waals surface area contributed by atoms with Crippen molar-refractivity contribution >= 4 is 66.6 Å². The molecule has 0 amide bonds. The quantitative estimate of drug-likeness (QED) is 0.599. The number of hydrogen-bond acceptors (Lipinski definition) is 4. The molecule has 0 unspecified atom stereocenters. The lowest BCUT2D eigenvalue weighted by Crippen LogP contribution is -2.43. The van der Waals surface area contributed by atoms with Crippen molar-refractivity contribution in [2.75, 3.05) is 31.1 Å². The number of rotatable bonds is 3. The molecule has 0 saturated carbocycles. The van der Waals surface area contributed by atoms with Gasteiger partial charge in [0.15, 0.2) is 0 Å². The summed E-state index contributed by atoms with van der Waals surface area (Å²) >= 11 is 9.52. The molecule has 0 radical (unpaired) electrons. The highest BCUT2D eigenvalue weighted by atomic mass is 79.9. The van der Waals surface area contributed by atoms with E-state index < -0.39 is 10.0 Å². The second-order valence-corrected chi connectivity index (χ2v) is 9.25. The fourth-order valence-corrected chi connectivity index (χ4v) is 5.62. The third kappa shape index (κ3) is 3.71. The lowest BCUT2D eigenvalue weighted by atomic mass is 10.2. The number of benzene rings is 2. The lowest BCUT2D eigenvalue weighted by molar-refractivity contribution is 0.588. The zero-order valence-corrected chi connectivity index (χ0v) is 18.2. The summed E-state index contributed by atoms with van der Waals surface area (Å²) in [7, 11) is -3.74. The first kappa shape index (κ1) is 20.5. The van der Waals surface area contributed by atoms with Crippen LogP contribution in [0.5, 0.6) is 0 Å². The van der Waals surface area contributed by atoms with Crippen LogP contribution < -0.4 is 10.2 Å². The Bertz CT molecular complexity index is 1080. The summed E-state index contributed by atoms with van der Waals surface area (Å²) in [6.07, 6.45) is 1.61. The van der Waals surface area contributed by atoms with Gasteiger partial charge in [-0.25, -0.2) is 12.4 Å². The van der Waals surface area contributed by atoms with E-state index >= 15 is 0 Å². The molecular weight excluding hydrogens is 473 g/mol. The van der Waals surface area contributed by atoms with E-state index in [1.807, 2.05) is 18.2 Å². The highest BCUT2D eigenvalue weighted by Crippen LogP contribution is 2.35. The van der Waals surface area contributed by atoms with Gasteiger partial charge < -0.3 is 10.2 Å². The van der Waals surface area contributed by atoms with Crippen LogP contribution in [-0.2, 0) is 10.0 Å². The topological polar surface area (TPSA) is 54.3 Å². The van der Waals surface area contributed by atoms with E-state index in [0.717, 1.165) is 41.7 Å². The van der Waals surface area contributed by atoms with Gasteiger partial charge in [-0.3, -0.25) is 0 Å². The van der Waals surface area contributed by atoms with Crippen molar-refractivity contribution in [2.45, 2.75) is 4.90 Å². The van der Waals surface area contributed by atoms with Gasteiger partial charge >= 0.3 is 0 Å². The molecule has 0 aliphatic carbocycles. The van der Waals surface area contributed by atoms with Crippen LogP contribution in [0.4, 0.5) is 5.69 Å². The molecular formula is C18H18BrCl2N3O2S. The number of hydrogen-bond donors (Lipinski definition) is 1. The van der Waals surface area contributed by atoms with Gasteiger partial charge in [-0.15, -0.1) is 12.4 Å². The summed E-state index contributed by atoms with van der Waals surface area (Å²) in [6, 6.07) is 12.1. The molecule has 5 nitrogen and oxygen atoms in total. The minimum Gasteiger partial charge on any atom is -0.368 e. The molecule has 9 heteroatoms. The third-order valence-electron chi connectivity index (χ3n) is 4.55. The van der Waals surface area contributed by atoms with Crippen molar-refractivity contribution in [1.82, 2.24) is 9.29 Å². The Labute approximate surface area is 177 Å². The smallest absolute Gasteiger partial charge is 0.268 e. The zero-order valence-electron chi connectivity index (χ0n) is 14.2.